The highest BCUT2D eigenvalue weighted by Gasteiger charge is 2.17. The van der Waals surface area contributed by atoms with E-state index in [9.17, 15) is 0 Å². The van der Waals surface area contributed by atoms with E-state index in [-0.39, 0.29) is 0 Å². The molecule has 0 saturated heterocycles. The largest absolute Gasteiger partial charge is 0.344 e. The Labute approximate surface area is 270 Å². The molecule has 0 fully saturated rings. The Kier molecular flexibility index (Phi) is 5.40. The molecule has 7 aromatic carbocycles. The van der Waals surface area contributed by atoms with Crippen molar-refractivity contribution in [3.05, 3.63) is 152 Å². The van der Waals surface area contributed by atoms with Gasteiger partial charge in [0.1, 0.15) is 0 Å². The van der Waals surface area contributed by atoms with Crippen LogP contribution in [-0.2, 0) is 7.05 Å². The van der Waals surface area contributed by atoms with E-state index in [0.29, 0.717) is 0 Å². The monoisotopic (exact) mass is 604 g/mol. The fourth-order valence-corrected chi connectivity index (χ4v) is 8.73. The van der Waals surface area contributed by atoms with E-state index in [1.54, 1.807) is 0 Å². The second kappa shape index (κ2) is 9.68. The summed E-state index contributed by atoms with van der Waals surface area (Å²) in [5, 5.41) is 7.76. The molecule has 0 aliphatic carbocycles. The van der Waals surface area contributed by atoms with Gasteiger partial charge >= 0.3 is 0 Å². The fourth-order valence-electron chi connectivity index (χ4n) is 7.53. The summed E-state index contributed by atoms with van der Waals surface area (Å²) in [6.07, 6.45) is 0. The number of rotatable bonds is 3. The average molecular weight is 605 g/mol. The second-order valence-corrected chi connectivity index (χ2v) is 13.3. The Bertz CT molecular complexity index is 2810. The van der Waals surface area contributed by atoms with Crippen molar-refractivity contribution >= 4 is 75.1 Å². The number of nitrogens with zero attached hydrogens (tertiary/aromatic N) is 2. The topological polar surface area (TPSA) is 9.86 Å². The molecule has 0 aliphatic heterocycles. The third kappa shape index (κ3) is 3.64. The molecule has 3 heterocycles. The standard InChI is InChI=1S/C43H28N2S/c1-44-37-21-18-28(27-10-3-2-4-11-27)24-35(37)36-26-29(19-22-38(36)44)30-20-23-40-34(25-30)31-12-5-7-15-39(31)45(40)41-16-9-14-33-32-13-6-8-17-42(32)46-43(33)41/h2-26H,1H3. The Hall–Kier alpha value is -5.64. The minimum atomic E-state index is 1.23. The molecule has 0 N–H and O–H groups in total. The van der Waals surface area contributed by atoms with E-state index < -0.39 is 0 Å². The number of aryl methyl sites for hydroxylation is 1. The number of fused-ring (bicyclic) bond motifs is 9. The number of hydrogen-bond donors (Lipinski definition) is 0. The molecule has 216 valence electrons. The summed E-state index contributed by atoms with van der Waals surface area (Å²) in [6.45, 7) is 0. The van der Waals surface area contributed by atoms with Crippen LogP contribution in [0.1, 0.15) is 0 Å². The van der Waals surface area contributed by atoms with E-state index in [1.165, 1.54) is 91.7 Å². The highest BCUT2D eigenvalue weighted by Crippen LogP contribution is 2.42. The van der Waals surface area contributed by atoms with Crippen LogP contribution in [0.15, 0.2) is 152 Å². The summed E-state index contributed by atoms with van der Waals surface area (Å²) in [7, 11) is 2.17. The van der Waals surface area contributed by atoms with Crippen LogP contribution < -0.4 is 0 Å². The Balaban J connectivity index is 1.18. The number of thiophene rings is 1. The van der Waals surface area contributed by atoms with Crippen molar-refractivity contribution in [1.29, 1.82) is 0 Å². The van der Waals surface area contributed by atoms with E-state index in [0.717, 1.165) is 0 Å². The first-order valence-corrected chi connectivity index (χ1v) is 16.6. The van der Waals surface area contributed by atoms with Gasteiger partial charge in [0.05, 0.1) is 21.4 Å². The van der Waals surface area contributed by atoms with Gasteiger partial charge in [-0.15, -0.1) is 11.3 Å². The molecule has 3 heteroatoms. The number of aromatic nitrogens is 2. The van der Waals surface area contributed by atoms with Gasteiger partial charge in [-0.05, 0) is 76.9 Å². The lowest BCUT2D eigenvalue weighted by atomic mass is 9.99. The number of hydrogen-bond acceptors (Lipinski definition) is 1. The lowest BCUT2D eigenvalue weighted by Crippen LogP contribution is -1.93. The van der Waals surface area contributed by atoms with Crippen LogP contribution in [0.5, 0.6) is 0 Å². The maximum Gasteiger partial charge on any atom is 0.0640 e. The Morgan fingerprint density at radius 1 is 0.391 bits per heavy atom. The lowest BCUT2D eigenvalue weighted by Gasteiger charge is -2.10. The van der Waals surface area contributed by atoms with Crippen LogP contribution in [0.3, 0.4) is 0 Å². The van der Waals surface area contributed by atoms with Crippen LogP contribution >= 0.6 is 11.3 Å². The zero-order valence-electron chi connectivity index (χ0n) is 25.2. The molecule has 46 heavy (non-hydrogen) atoms. The van der Waals surface area contributed by atoms with Gasteiger partial charge in [0.25, 0.3) is 0 Å². The summed E-state index contributed by atoms with van der Waals surface area (Å²) in [5.74, 6) is 0. The van der Waals surface area contributed by atoms with Crippen molar-refractivity contribution in [3.8, 4) is 27.9 Å². The molecule has 0 bridgehead atoms. The van der Waals surface area contributed by atoms with E-state index in [1.807, 2.05) is 11.3 Å². The lowest BCUT2D eigenvalue weighted by molar-refractivity contribution is 1.01. The molecule has 0 atom stereocenters. The summed E-state index contributed by atoms with van der Waals surface area (Å²) >= 11 is 1.88. The maximum atomic E-state index is 2.46. The van der Waals surface area contributed by atoms with Crippen molar-refractivity contribution in [1.82, 2.24) is 9.13 Å². The minimum Gasteiger partial charge on any atom is -0.344 e. The first kappa shape index (κ1) is 25.7. The number of para-hydroxylation sites is 1. The van der Waals surface area contributed by atoms with Gasteiger partial charge in [-0.3, -0.25) is 0 Å². The Morgan fingerprint density at radius 3 is 1.67 bits per heavy atom. The van der Waals surface area contributed by atoms with Crippen LogP contribution in [0.4, 0.5) is 0 Å². The maximum absolute atomic E-state index is 2.46. The molecular formula is C43H28N2S. The molecule has 2 nitrogen and oxygen atoms in total. The van der Waals surface area contributed by atoms with Crippen molar-refractivity contribution < 1.29 is 0 Å². The molecular weight excluding hydrogens is 577 g/mol. The van der Waals surface area contributed by atoms with Crippen LogP contribution in [0, 0.1) is 0 Å². The second-order valence-electron chi connectivity index (χ2n) is 12.2. The number of benzene rings is 7. The van der Waals surface area contributed by atoms with Crippen LogP contribution in [-0.4, -0.2) is 9.13 Å². The van der Waals surface area contributed by atoms with Gasteiger partial charge in [-0.2, -0.15) is 0 Å². The molecule has 10 rings (SSSR count). The normalized spacial score (nSPS) is 12.0. The van der Waals surface area contributed by atoms with E-state index in [4.69, 9.17) is 0 Å². The predicted octanol–water partition coefficient (Wildman–Crippen LogP) is 12.1. The van der Waals surface area contributed by atoms with Gasteiger partial charge in [0.15, 0.2) is 0 Å². The third-order valence-electron chi connectivity index (χ3n) is 9.74. The predicted molar refractivity (Wildman–Crippen MR) is 199 cm³/mol. The summed E-state index contributed by atoms with van der Waals surface area (Å²) in [5.41, 5.74) is 11.2. The Morgan fingerprint density at radius 2 is 0.935 bits per heavy atom. The smallest absolute Gasteiger partial charge is 0.0640 e. The summed E-state index contributed by atoms with van der Waals surface area (Å²) in [6, 6.07) is 55.8. The molecule has 0 radical (unpaired) electrons. The highest BCUT2D eigenvalue weighted by atomic mass is 32.1. The summed E-state index contributed by atoms with van der Waals surface area (Å²) < 4.78 is 7.43. The minimum absolute atomic E-state index is 1.23. The molecule has 10 aromatic rings. The molecule has 0 saturated carbocycles. The van der Waals surface area contributed by atoms with Gasteiger partial charge in [0.2, 0.25) is 0 Å². The van der Waals surface area contributed by atoms with E-state index >= 15 is 0 Å². The van der Waals surface area contributed by atoms with E-state index in [2.05, 4.69) is 168 Å². The molecule has 0 amide bonds. The molecule has 0 aliphatic rings. The summed E-state index contributed by atoms with van der Waals surface area (Å²) in [4.78, 5) is 0. The van der Waals surface area contributed by atoms with Crippen LogP contribution in [0.2, 0.25) is 0 Å². The van der Waals surface area contributed by atoms with Crippen molar-refractivity contribution in [3.63, 3.8) is 0 Å². The quantitative estimate of drug-likeness (QED) is 0.190. The van der Waals surface area contributed by atoms with Gasteiger partial charge < -0.3 is 9.13 Å². The average Bonchev–Trinajstić information content (AvgIpc) is 3.76. The SMILES string of the molecule is Cn1c2ccc(-c3ccccc3)cc2c2cc(-c3ccc4c(c3)c3ccccc3n4-c3cccc4c3sc3ccccc34)ccc21. The van der Waals surface area contributed by atoms with Crippen LogP contribution in [0.25, 0.3) is 91.7 Å². The van der Waals surface area contributed by atoms with Crippen molar-refractivity contribution in [2.75, 3.05) is 0 Å². The molecule has 0 unspecified atom stereocenters. The molecule has 3 aromatic heterocycles. The van der Waals surface area contributed by atoms with Crippen molar-refractivity contribution in [2.45, 2.75) is 0 Å². The highest BCUT2D eigenvalue weighted by molar-refractivity contribution is 7.26. The third-order valence-corrected chi connectivity index (χ3v) is 11.0. The van der Waals surface area contributed by atoms with Gasteiger partial charge in [-0.25, -0.2) is 0 Å². The zero-order chi connectivity index (χ0) is 30.4. The fraction of sp³-hybridized carbons (Fsp3) is 0.0233. The zero-order valence-corrected chi connectivity index (χ0v) is 26.1. The van der Waals surface area contributed by atoms with Crippen molar-refractivity contribution in [2.24, 2.45) is 7.05 Å². The first-order valence-electron chi connectivity index (χ1n) is 15.7. The van der Waals surface area contributed by atoms with Gasteiger partial charge in [-0.1, -0.05) is 97.1 Å². The van der Waals surface area contributed by atoms with Gasteiger partial charge in [0, 0.05) is 55.1 Å². The first-order chi connectivity index (χ1) is 22.7. The molecule has 0 spiro atoms.